The normalized spacial score (nSPS) is 20.9. The predicted molar refractivity (Wildman–Crippen MR) is 69.6 cm³/mol. The molecule has 18 heavy (non-hydrogen) atoms. The topological polar surface area (TPSA) is 62.8 Å². The van der Waals surface area contributed by atoms with Crippen LogP contribution in [0.2, 0.25) is 0 Å². The quantitative estimate of drug-likeness (QED) is 0.551. The van der Waals surface area contributed by atoms with Gasteiger partial charge >= 0.3 is 0 Å². The number of carbonyl (C=O) groups excluding carboxylic acids is 1. The third-order valence-corrected chi connectivity index (χ3v) is 2.96. The molecule has 0 aromatic carbocycles. The molecule has 0 bridgehead atoms. The smallest absolute Gasteiger partial charge is 0.238 e. The van der Waals surface area contributed by atoms with E-state index in [1.165, 1.54) is 0 Å². The van der Waals surface area contributed by atoms with E-state index in [1.54, 1.807) is 7.11 Å². The number of hydrogen-bond donors (Lipinski definition) is 2. The molecular weight excluding hydrogens is 234 g/mol. The molecule has 1 atom stereocenters. The number of amides is 1. The van der Waals surface area contributed by atoms with Crippen molar-refractivity contribution in [3.05, 3.63) is 0 Å². The molecular formula is C12H25N3O3. The van der Waals surface area contributed by atoms with E-state index < -0.39 is 0 Å². The number of piperazine rings is 1. The van der Waals surface area contributed by atoms with Crippen LogP contribution in [0.15, 0.2) is 0 Å². The maximum absolute atomic E-state index is 11.9. The molecule has 0 aromatic heterocycles. The van der Waals surface area contributed by atoms with Crippen LogP contribution in [0.5, 0.6) is 0 Å². The highest BCUT2D eigenvalue weighted by Crippen LogP contribution is 2.03. The SMILES string of the molecule is CCNC(=O)C1CNCCN1CCOCCOC. The van der Waals surface area contributed by atoms with Gasteiger partial charge in [-0.15, -0.1) is 0 Å². The summed E-state index contributed by atoms with van der Waals surface area (Å²) in [6.07, 6.45) is 0. The Kier molecular flexibility index (Phi) is 7.91. The van der Waals surface area contributed by atoms with Crippen LogP contribution in [0, 0.1) is 0 Å². The highest BCUT2D eigenvalue weighted by molar-refractivity contribution is 5.82. The van der Waals surface area contributed by atoms with Gasteiger partial charge < -0.3 is 20.1 Å². The molecule has 0 aliphatic carbocycles. The van der Waals surface area contributed by atoms with E-state index in [2.05, 4.69) is 15.5 Å². The van der Waals surface area contributed by atoms with Gasteiger partial charge in [-0.3, -0.25) is 9.69 Å². The largest absolute Gasteiger partial charge is 0.382 e. The van der Waals surface area contributed by atoms with Crippen molar-refractivity contribution in [1.29, 1.82) is 0 Å². The van der Waals surface area contributed by atoms with Gasteiger partial charge in [0.05, 0.1) is 19.8 Å². The number of ether oxygens (including phenoxy) is 2. The first kappa shape index (κ1) is 15.4. The zero-order chi connectivity index (χ0) is 13.2. The summed E-state index contributed by atoms with van der Waals surface area (Å²) in [7, 11) is 1.66. The van der Waals surface area contributed by atoms with Gasteiger partial charge in [-0.25, -0.2) is 0 Å². The Hall–Kier alpha value is -0.690. The molecule has 6 heteroatoms. The fraction of sp³-hybridized carbons (Fsp3) is 0.917. The van der Waals surface area contributed by atoms with E-state index in [0.717, 1.165) is 19.6 Å². The number of rotatable bonds is 8. The first-order valence-electron chi connectivity index (χ1n) is 6.58. The molecule has 0 aromatic rings. The van der Waals surface area contributed by atoms with Crippen LogP contribution >= 0.6 is 0 Å². The Morgan fingerprint density at radius 3 is 3.00 bits per heavy atom. The van der Waals surface area contributed by atoms with Gasteiger partial charge in [0.15, 0.2) is 0 Å². The zero-order valence-corrected chi connectivity index (χ0v) is 11.4. The molecule has 0 saturated carbocycles. The second-order valence-corrected chi connectivity index (χ2v) is 4.26. The van der Waals surface area contributed by atoms with Gasteiger partial charge in [-0.05, 0) is 6.92 Å². The van der Waals surface area contributed by atoms with E-state index in [4.69, 9.17) is 9.47 Å². The van der Waals surface area contributed by atoms with E-state index in [9.17, 15) is 4.79 Å². The molecule has 1 heterocycles. The molecule has 0 spiro atoms. The summed E-state index contributed by atoms with van der Waals surface area (Å²) in [5.41, 5.74) is 0. The maximum Gasteiger partial charge on any atom is 0.238 e. The molecule has 1 rings (SSSR count). The van der Waals surface area contributed by atoms with Crippen LogP contribution in [0.4, 0.5) is 0 Å². The van der Waals surface area contributed by atoms with Crippen molar-refractivity contribution in [3.63, 3.8) is 0 Å². The van der Waals surface area contributed by atoms with Crippen molar-refractivity contribution in [2.75, 3.05) is 59.7 Å². The lowest BCUT2D eigenvalue weighted by Crippen LogP contribution is -2.58. The van der Waals surface area contributed by atoms with Crippen LogP contribution in [0.25, 0.3) is 0 Å². The number of nitrogens with zero attached hydrogens (tertiary/aromatic N) is 1. The van der Waals surface area contributed by atoms with Crippen molar-refractivity contribution in [1.82, 2.24) is 15.5 Å². The second-order valence-electron chi connectivity index (χ2n) is 4.26. The van der Waals surface area contributed by atoms with Gasteiger partial charge in [0.1, 0.15) is 6.04 Å². The fourth-order valence-corrected chi connectivity index (χ4v) is 1.99. The van der Waals surface area contributed by atoms with E-state index in [0.29, 0.717) is 32.9 Å². The van der Waals surface area contributed by atoms with Crippen LogP contribution in [-0.4, -0.2) is 76.5 Å². The Morgan fingerprint density at radius 2 is 2.28 bits per heavy atom. The summed E-state index contributed by atoms with van der Waals surface area (Å²) in [6, 6.07) is -0.0790. The van der Waals surface area contributed by atoms with Crippen LogP contribution in [0.3, 0.4) is 0 Å². The van der Waals surface area contributed by atoms with Crippen LogP contribution in [0.1, 0.15) is 6.92 Å². The van der Waals surface area contributed by atoms with Crippen molar-refractivity contribution in [2.45, 2.75) is 13.0 Å². The molecule has 1 saturated heterocycles. The minimum Gasteiger partial charge on any atom is -0.382 e. The van der Waals surface area contributed by atoms with Crippen molar-refractivity contribution >= 4 is 5.91 Å². The Balaban J connectivity index is 2.28. The maximum atomic E-state index is 11.9. The van der Waals surface area contributed by atoms with Gasteiger partial charge in [-0.2, -0.15) is 0 Å². The number of carbonyl (C=O) groups is 1. The standard InChI is InChI=1S/C12H25N3O3/c1-3-14-12(16)11-10-13-4-5-15(11)6-7-18-9-8-17-2/h11,13H,3-10H2,1-2H3,(H,14,16). The fourth-order valence-electron chi connectivity index (χ4n) is 1.99. The molecule has 1 fully saturated rings. The summed E-state index contributed by atoms with van der Waals surface area (Å²) in [5.74, 6) is 0.0987. The lowest BCUT2D eigenvalue weighted by molar-refractivity contribution is -0.127. The Labute approximate surface area is 109 Å². The van der Waals surface area contributed by atoms with Gasteiger partial charge in [0, 0.05) is 39.8 Å². The minimum absolute atomic E-state index is 0.0790. The van der Waals surface area contributed by atoms with Gasteiger partial charge in [-0.1, -0.05) is 0 Å². The minimum atomic E-state index is -0.0790. The van der Waals surface area contributed by atoms with Crippen molar-refractivity contribution in [2.24, 2.45) is 0 Å². The molecule has 2 N–H and O–H groups in total. The highest BCUT2D eigenvalue weighted by atomic mass is 16.5. The first-order valence-corrected chi connectivity index (χ1v) is 6.58. The zero-order valence-electron chi connectivity index (χ0n) is 11.4. The molecule has 6 nitrogen and oxygen atoms in total. The van der Waals surface area contributed by atoms with Crippen molar-refractivity contribution < 1.29 is 14.3 Å². The average molecular weight is 259 g/mol. The average Bonchev–Trinajstić information content (AvgIpc) is 2.39. The number of nitrogens with one attached hydrogen (secondary N) is 2. The predicted octanol–water partition coefficient (Wildman–Crippen LogP) is -0.941. The third kappa shape index (κ3) is 5.30. The van der Waals surface area contributed by atoms with E-state index >= 15 is 0 Å². The van der Waals surface area contributed by atoms with E-state index in [-0.39, 0.29) is 11.9 Å². The molecule has 106 valence electrons. The number of hydrogen-bond acceptors (Lipinski definition) is 5. The lowest BCUT2D eigenvalue weighted by atomic mass is 10.2. The summed E-state index contributed by atoms with van der Waals surface area (Å²) < 4.78 is 10.4. The summed E-state index contributed by atoms with van der Waals surface area (Å²) in [6.45, 7) is 7.77. The number of methoxy groups -OCH3 is 1. The van der Waals surface area contributed by atoms with Gasteiger partial charge in [0.2, 0.25) is 5.91 Å². The molecule has 1 unspecified atom stereocenters. The monoisotopic (exact) mass is 259 g/mol. The van der Waals surface area contributed by atoms with Crippen LogP contribution in [-0.2, 0) is 14.3 Å². The molecule has 0 radical (unpaired) electrons. The number of likely N-dealkylation sites (N-methyl/N-ethyl adjacent to an activating group) is 1. The Morgan fingerprint density at radius 1 is 1.44 bits per heavy atom. The first-order chi connectivity index (χ1) is 8.79. The van der Waals surface area contributed by atoms with E-state index in [1.807, 2.05) is 6.92 Å². The third-order valence-electron chi connectivity index (χ3n) is 2.96. The summed E-state index contributed by atoms with van der Waals surface area (Å²) >= 11 is 0. The molecule has 1 aliphatic rings. The molecule has 1 aliphatic heterocycles. The lowest BCUT2D eigenvalue weighted by Gasteiger charge is -2.34. The Bertz CT molecular complexity index is 239. The summed E-state index contributed by atoms with van der Waals surface area (Å²) in [4.78, 5) is 14.1. The highest BCUT2D eigenvalue weighted by Gasteiger charge is 2.27. The van der Waals surface area contributed by atoms with Gasteiger partial charge in [0.25, 0.3) is 0 Å². The molecule has 1 amide bonds. The summed E-state index contributed by atoms with van der Waals surface area (Å²) in [5, 5.41) is 6.13. The second kappa shape index (κ2) is 9.27. The van der Waals surface area contributed by atoms with Crippen LogP contribution < -0.4 is 10.6 Å². The van der Waals surface area contributed by atoms with Crippen molar-refractivity contribution in [3.8, 4) is 0 Å².